The molecule has 1 amide bonds. The van der Waals surface area contributed by atoms with Crippen LogP contribution in [0.3, 0.4) is 0 Å². The van der Waals surface area contributed by atoms with Crippen molar-refractivity contribution in [1.82, 2.24) is 10.6 Å². The van der Waals surface area contributed by atoms with Crippen LogP contribution < -0.4 is 16.0 Å². The average molecular weight is 544 g/mol. The Hall–Kier alpha value is -1.39. The number of benzene rings is 1. The number of hydrogen-bond acceptors (Lipinski definition) is 4. The van der Waals surface area contributed by atoms with Crippen LogP contribution in [-0.4, -0.2) is 50.4 Å². The first-order valence-corrected chi connectivity index (χ1v) is 11.2. The van der Waals surface area contributed by atoms with E-state index in [-0.39, 0.29) is 47.8 Å². The summed E-state index contributed by atoms with van der Waals surface area (Å²) in [6.07, 6.45) is 7.21. The fraction of sp³-hybridized carbons (Fsp3) is 0.652. The van der Waals surface area contributed by atoms with Crippen LogP contribution in [0.5, 0.6) is 0 Å². The van der Waals surface area contributed by atoms with Crippen LogP contribution in [0.4, 0.5) is 5.69 Å². The number of hydrogen-bond donors (Lipinski definition) is 4. The molecule has 0 bridgehead atoms. The molecule has 3 rings (SSSR count). The monoisotopic (exact) mass is 544 g/mol. The molecule has 31 heavy (non-hydrogen) atoms. The number of guanidine groups is 1. The molecule has 1 aliphatic heterocycles. The molecule has 1 heterocycles. The molecule has 0 spiro atoms. The molecule has 1 saturated carbocycles. The van der Waals surface area contributed by atoms with Crippen molar-refractivity contribution in [3.05, 3.63) is 29.8 Å². The predicted molar refractivity (Wildman–Crippen MR) is 135 cm³/mol. The fourth-order valence-corrected chi connectivity index (χ4v) is 4.36. The average Bonchev–Trinajstić information content (AvgIpc) is 3.24. The Morgan fingerprint density at radius 1 is 1.26 bits per heavy atom. The molecule has 1 unspecified atom stereocenters. The molecule has 174 valence electrons. The van der Waals surface area contributed by atoms with E-state index >= 15 is 0 Å². The maximum Gasteiger partial charge on any atom is 0.227 e. The van der Waals surface area contributed by atoms with Crippen LogP contribution in [0.25, 0.3) is 0 Å². The van der Waals surface area contributed by atoms with Crippen LogP contribution in [-0.2, 0) is 16.1 Å². The van der Waals surface area contributed by atoms with Gasteiger partial charge in [-0.15, -0.1) is 24.0 Å². The zero-order valence-corrected chi connectivity index (χ0v) is 20.8. The number of ether oxygens (including phenoxy) is 1. The summed E-state index contributed by atoms with van der Waals surface area (Å²) < 4.78 is 5.55. The third kappa shape index (κ3) is 7.91. The minimum absolute atomic E-state index is 0. The Labute approximate surface area is 202 Å². The molecule has 1 aromatic carbocycles. The normalized spacial score (nSPS) is 21.9. The van der Waals surface area contributed by atoms with Gasteiger partial charge in [0.2, 0.25) is 5.91 Å². The Bertz CT molecular complexity index is 717. The summed E-state index contributed by atoms with van der Waals surface area (Å²) in [6.45, 7) is 2.89. The van der Waals surface area contributed by atoms with Crippen LogP contribution in [0.2, 0.25) is 0 Å². The lowest BCUT2D eigenvalue weighted by atomic mass is 9.84. The van der Waals surface area contributed by atoms with E-state index in [0.29, 0.717) is 19.7 Å². The number of anilines is 1. The van der Waals surface area contributed by atoms with Gasteiger partial charge in [-0.05, 0) is 43.4 Å². The lowest BCUT2D eigenvalue weighted by Gasteiger charge is -2.27. The van der Waals surface area contributed by atoms with Crippen molar-refractivity contribution in [2.24, 2.45) is 16.3 Å². The molecule has 1 aliphatic carbocycles. The number of aliphatic hydroxyl groups excluding tert-OH is 1. The molecular weight excluding hydrogens is 507 g/mol. The molecule has 4 N–H and O–H groups in total. The molecular formula is C23H37IN4O3. The summed E-state index contributed by atoms with van der Waals surface area (Å²) in [5.74, 6) is 1.01. The zero-order chi connectivity index (χ0) is 21.2. The second-order valence-corrected chi connectivity index (χ2v) is 8.58. The van der Waals surface area contributed by atoms with Crippen LogP contribution in [0.1, 0.15) is 50.5 Å². The third-order valence-corrected chi connectivity index (χ3v) is 6.31. The zero-order valence-electron chi connectivity index (χ0n) is 18.5. The van der Waals surface area contributed by atoms with Crippen molar-refractivity contribution in [2.45, 2.75) is 51.5 Å². The molecule has 1 aromatic rings. The first-order valence-electron chi connectivity index (χ1n) is 11.2. The van der Waals surface area contributed by atoms with Crippen molar-refractivity contribution in [1.29, 1.82) is 0 Å². The summed E-state index contributed by atoms with van der Waals surface area (Å²) in [5.41, 5.74) is 1.89. The third-order valence-electron chi connectivity index (χ3n) is 6.31. The van der Waals surface area contributed by atoms with Gasteiger partial charge >= 0.3 is 0 Å². The maximum atomic E-state index is 12.5. The number of amides is 1. The lowest BCUT2D eigenvalue weighted by Crippen LogP contribution is -2.44. The largest absolute Gasteiger partial charge is 0.396 e. The van der Waals surface area contributed by atoms with Gasteiger partial charge in [0.05, 0.1) is 6.61 Å². The Morgan fingerprint density at radius 3 is 2.74 bits per heavy atom. The summed E-state index contributed by atoms with van der Waals surface area (Å²) in [6, 6.07) is 7.96. The SMILES string of the molecule is CN=C(NCc1cccc(NC(=O)C2CCCCC2)c1)NCC1(CCO)CCOC1.I. The first kappa shape index (κ1) is 25.9. The van der Waals surface area contributed by atoms with E-state index in [1.54, 1.807) is 7.05 Å². The Kier molecular flexibility index (Phi) is 11.0. The van der Waals surface area contributed by atoms with Crippen molar-refractivity contribution < 1.29 is 14.6 Å². The molecule has 1 saturated heterocycles. The molecule has 2 fully saturated rings. The van der Waals surface area contributed by atoms with Crippen molar-refractivity contribution in [3.63, 3.8) is 0 Å². The summed E-state index contributed by atoms with van der Waals surface area (Å²) >= 11 is 0. The van der Waals surface area contributed by atoms with Crippen molar-refractivity contribution in [2.75, 3.05) is 38.7 Å². The highest BCUT2D eigenvalue weighted by atomic mass is 127. The van der Waals surface area contributed by atoms with Gasteiger partial charge in [-0.2, -0.15) is 0 Å². The van der Waals surface area contributed by atoms with Gasteiger partial charge in [-0.3, -0.25) is 9.79 Å². The second-order valence-electron chi connectivity index (χ2n) is 8.58. The standard InChI is InChI=1S/C23H36N4O3.HI/c1-24-22(26-16-23(10-12-28)11-13-30-17-23)25-15-18-6-5-9-20(14-18)27-21(29)19-7-3-2-4-8-19;/h5-6,9,14,19,28H,2-4,7-8,10-13,15-17H2,1H3,(H,27,29)(H2,24,25,26);1H. The van der Waals surface area contributed by atoms with Gasteiger partial charge in [0, 0.05) is 50.4 Å². The van der Waals surface area contributed by atoms with Crippen molar-refractivity contribution in [3.8, 4) is 0 Å². The van der Waals surface area contributed by atoms with E-state index in [0.717, 1.165) is 62.3 Å². The molecule has 7 nitrogen and oxygen atoms in total. The number of nitrogens with one attached hydrogen (secondary N) is 3. The fourth-order valence-electron chi connectivity index (χ4n) is 4.36. The Balaban J connectivity index is 0.00000341. The summed E-state index contributed by atoms with van der Waals surface area (Å²) in [5, 5.41) is 19.2. The minimum Gasteiger partial charge on any atom is -0.396 e. The molecule has 0 radical (unpaired) electrons. The van der Waals surface area contributed by atoms with Gasteiger partial charge in [0.1, 0.15) is 0 Å². The van der Waals surface area contributed by atoms with Gasteiger partial charge in [-0.1, -0.05) is 31.4 Å². The van der Waals surface area contributed by atoms with Crippen molar-refractivity contribution >= 4 is 41.5 Å². The minimum atomic E-state index is -0.0321. The van der Waals surface area contributed by atoms with Gasteiger partial charge < -0.3 is 25.8 Å². The highest BCUT2D eigenvalue weighted by molar-refractivity contribution is 14.0. The smallest absolute Gasteiger partial charge is 0.227 e. The predicted octanol–water partition coefficient (Wildman–Crippen LogP) is 3.28. The number of halogens is 1. The number of aliphatic hydroxyl groups is 1. The van der Waals surface area contributed by atoms with E-state index in [1.165, 1.54) is 6.42 Å². The number of carbonyl (C=O) groups excluding carboxylic acids is 1. The van der Waals surface area contributed by atoms with E-state index in [4.69, 9.17) is 4.74 Å². The number of carbonyl (C=O) groups is 1. The topological polar surface area (TPSA) is 95.0 Å². The van der Waals surface area contributed by atoms with Crippen LogP contribution in [0.15, 0.2) is 29.3 Å². The van der Waals surface area contributed by atoms with E-state index in [9.17, 15) is 9.90 Å². The first-order chi connectivity index (χ1) is 14.6. The van der Waals surface area contributed by atoms with E-state index in [1.807, 2.05) is 24.3 Å². The van der Waals surface area contributed by atoms with E-state index in [2.05, 4.69) is 20.9 Å². The highest BCUT2D eigenvalue weighted by Gasteiger charge is 2.34. The van der Waals surface area contributed by atoms with Gasteiger partial charge in [0.25, 0.3) is 0 Å². The molecule has 8 heteroatoms. The maximum absolute atomic E-state index is 12.5. The van der Waals surface area contributed by atoms with Gasteiger partial charge in [0.15, 0.2) is 5.96 Å². The van der Waals surface area contributed by atoms with Crippen LogP contribution in [0, 0.1) is 11.3 Å². The van der Waals surface area contributed by atoms with Gasteiger partial charge in [-0.25, -0.2) is 0 Å². The summed E-state index contributed by atoms with van der Waals surface area (Å²) in [4.78, 5) is 16.8. The second kappa shape index (κ2) is 13.2. The lowest BCUT2D eigenvalue weighted by molar-refractivity contribution is -0.120. The van der Waals surface area contributed by atoms with E-state index < -0.39 is 0 Å². The molecule has 2 aliphatic rings. The van der Waals surface area contributed by atoms with Crippen LogP contribution >= 0.6 is 24.0 Å². The number of rotatable bonds is 8. The Morgan fingerprint density at radius 2 is 2.06 bits per heavy atom. The number of nitrogens with zero attached hydrogens (tertiary/aromatic N) is 1. The quantitative estimate of drug-likeness (QED) is 0.229. The molecule has 0 aromatic heterocycles. The highest BCUT2D eigenvalue weighted by Crippen LogP contribution is 2.31. The summed E-state index contributed by atoms with van der Waals surface area (Å²) in [7, 11) is 1.75. The number of aliphatic imine (C=N–C) groups is 1. The molecule has 1 atom stereocenters.